The van der Waals surface area contributed by atoms with E-state index in [1.807, 2.05) is 0 Å². The van der Waals surface area contributed by atoms with Crippen molar-refractivity contribution in [2.45, 2.75) is 34.6 Å². The SMILES string of the molecule is CC1=C(C)c2c(cc(C)c(C)c2C)[N]1. The number of hydrogen-bond donors (Lipinski definition) is 0. The van der Waals surface area contributed by atoms with E-state index in [0.29, 0.717) is 0 Å². The van der Waals surface area contributed by atoms with Gasteiger partial charge in [0.05, 0.1) is 5.69 Å². The van der Waals surface area contributed by atoms with Crippen molar-refractivity contribution in [3.05, 3.63) is 34.0 Å². The highest BCUT2D eigenvalue weighted by atomic mass is 14.9. The number of benzene rings is 1. The van der Waals surface area contributed by atoms with Crippen LogP contribution in [0.25, 0.3) is 5.57 Å². The number of allylic oxidation sites excluding steroid dienone is 2. The molecule has 0 fully saturated rings. The second kappa shape index (κ2) is 2.88. The first-order valence-electron chi connectivity index (χ1n) is 5.02. The van der Waals surface area contributed by atoms with Crippen molar-refractivity contribution < 1.29 is 0 Å². The first kappa shape index (κ1) is 9.32. The average Bonchev–Trinajstić information content (AvgIpc) is 2.39. The highest BCUT2D eigenvalue weighted by Crippen LogP contribution is 2.38. The zero-order chi connectivity index (χ0) is 10.5. The highest BCUT2D eigenvalue weighted by molar-refractivity contribution is 5.83. The monoisotopic (exact) mass is 186 g/mol. The molecule has 0 saturated carbocycles. The van der Waals surface area contributed by atoms with Gasteiger partial charge >= 0.3 is 0 Å². The quantitative estimate of drug-likeness (QED) is 0.587. The van der Waals surface area contributed by atoms with Crippen molar-refractivity contribution in [2.75, 3.05) is 0 Å². The van der Waals surface area contributed by atoms with Gasteiger partial charge in [0, 0.05) is 11.3 Å². The van der Waals surface area contributed by atoms with E-state index in [1.54, 1.807) is 0 Å². The fourth-order valence-corrected chi connectivity index (χ4v) is 2.07. The maximum absolute atomic E-state index is 4.58. The molecule has 1 nitrogen and oxygen atoms in total. The third kappa shape index (κ3) is 1.08. The van der Waals surface area contributed by atoms with Gasteiger partial charge in [0.25, 0.3) is 0 Å². The van der Waals surface area contributed by atoms with Gasteiger partial charge in [-0.25, -0.2) is 0 Å². The van der Waals surface area contributed by atoms with Crippen molar-refractivity contribution in [3.8, 4) is 0 Å². The Balaban J connectivity index is 2.74. The normalized spacial score (nSPS) is 14.4. The molecule has 0 atom stereocenters. The summed E-state index contributed by atoms with van der Waals surface area (Å²) in [6, 6.07) is 2.19. The van der Waals surface area contributed by atoms with Crippen LogP contribution >= 0.6 is 0 Å². The third-order valence-corrected chi connectivity index (χ3v) is 3.34. The van der Waals surface area contributed by atoms with Gasteiger partial charge < -0.3 is 0 Å². The molecule has 1 heterocycles. The molecule has 1 aliphatic heterocycles. The van der Waals surface area contributed by atoms with Crippen LogP contribution < -0.4 is 5.32 Å². The van der Waals surface area contributed by atoms with Crippen LogP contribution in [0.1, 0.15) is 36.1 Å². The van der Waals surface area contributed by atoms with Crippen LogP contribution in [0, 0.1) is 20.8 Å². The zero-order valence-electron chi connectivity index (χ0n) is 9.52. The third-order valence-electron chi connectivity index (χ3n) is 3.34. The summed E-state index contributed by atoms with van der Waals surface area (Å²) in [5, 5.41) is 4.58. The summed E-state index contributed by atoms with van der Waals surface area (Å²) in [6.45, 7) is 10.8. The fraction of sp³-hybridized carbons (Fsp3) is 0.385. The molecule has 1 heteroatoms. The largest absolute Gasteiger partial charge is 0.253 e. The van der Waals surface area contributed by atoms with E-state index in [2.05, 4.69) is 46.0 Å². The molecule has 73 valence electrons. The number of fused-ring (bicyclic) bond motifs is 1. The average molecular weight is 186 g/mol. The van der Waals surface area contributed by atoms with E-state index in [1.165, 1.54) is 27.8 Å². The summed E-state index contributed by atoms with van der Waals surface area (Å²) in [4.78, 5) is 0. The highest BCUT2D eigenvalue weighted by Gasteiger charge is 2.20. The summed E-state index contributed by atoms with van der Waals surface area (Å²) in [5.74, 6) is 0. The van der Waals surface area contributed by atoms with Crippen LogP contribution in [0.3, 0.4) is 0 Å². The lowest BCUT2D eigenvalue weighted by molar-refractivity contribution is 1.08. The Morgan fingerprint density at radius 3 is 2.21 bits per heavy atom. The zero-order valence-corrected chi connectivity index (χ0v) is 9.52. The molecule has 0 bridgehead atoms. The van der Waals surface area contributed by atoms with Crippen LogP contribution in [0.5, 0.6) is 0 Å². The molecule has 1 aliphatic rings. The van der Waals surface area contributed by atoms with E-state index < -0.39 is 0 Å². The van der Waals surface area contributed by atoms with E-state index in [-0.39, 0.29) is 0 Å². The predicted molar refractivity (Wildman–Crippen MR) is 60.7 cm³/mol. The van der Waals surface area contributed by atoms with E-state index in [0.717, 1.165) is 11.4 Å². The van der Waals surface area contributed by atoms with Crippen LogP contribution in [0.4, 0.5) is 5.69 Å². The lowest BCUT2D eigenvalue weighted by atomic mass is 9.94. The summed E-state index contributed by atoms with van der Waals surface area (Å²) in [5.41, 5.74) is 9.12. The maximum atomic E-state index is 4.58. The summed E-state index contributed by atoms with van der Waals surface area (Å²) in [6.07, 6.45) is 0. The lowest BCUT2D eigenvalue weighted by Crippen LogP contribution is -1.94. The molecule has 1 radical (unpaired) electrons. The number of hydrogen-bond acceptors (Lipinski definition) is 0. The molecular formula is C13H16N. The minimum atomic E-state index is 1.15. The van der Waals surface area contributed by atoms with Gasteiger partial charge in [-0.15, -0.1) is 0 Å². The van der Waals surface area contributed by atoms with Crippen LogP contribution in [-0.4, -0.2) is 0 Å². The molecule has 0 unspecified atom stereocenters. The van der Waals surface area contributed by atoms with Crippen molar-refractivity contribution in [1.82, 2.24) is 5.32 Å². The lowest BCUT2D eigenvalue weighted by Gasteiger charge is -2.10. The molecule has 1 aromatic rings. The summed E-state index contributed by atoms with van der Waals surface area (Å²) < 4.78 is 0. The van der Waals surface area contributed by atoms with Gasteiger partial charge in [0.1, 0.15) is 0 Å². The van der Waals surface area contributed by atoms with Crippen molar-refractivity contribution in [1.29, 1.82) is 0 Å². The van der Waals surface area contributed by atoms with E-state index in [9.17, 15) is 0 Å². The van der Waals surface area contributed by atoms with Gasteiger partial charge in [0.2, 0.25) is 0 Å². The standard InChI is InChI=1S/C13H16N/c1-7-6-12-13(9(3)8(7)2)10(4)11(5)14-12/h6H,1-5H3. The van der Waals surface area contributed by atoms with Gasteiger partial charge in [-0.05, 0) is 62.9 Å². The fourth-order valence-electron chi connectivity index (χ4n) is 2.07. The van der Waals surface area contributed by atoms with Gasteiger partial charge in [-0.3, -0.25) is 5.32 Å². The number of nitrogens with zero attached hydrogens (tertiary/aromatic N) is 1. The first-order valence-corrected chi connectivity index (χ1v) is 5.02. The molecular weight excluding hydrogens is 170 g/mol. The maximum Gasteiger partial charge on any atom is 0.0714 e. The molecule has 0 amide bonds. The Morgan fingerprint density at radius 2 is 1.57 bits per heavy atom. The topological polar surface area (TPSA) is 14.1 Å². The Hall–Kier alpha value is -1.24. The summed E-state index contributed by atoms with van der Waals surface area (Å²) >= 11 is 0. The van der Waals surface area contributed by atoms with Crippen LogP contribution in [0.15, 0.2) is 11.8 Å². The van der Waals surface area contributed by atoms with Crippen LogP contribution in [-0.2, 0) is 0 Å². The molecule has 0 aromatic heterocycles. The molecule has 14 heavy (non-hydrogen) atoms. The molecule has 1 aromatic carbocycles. The molecule has 0 saturated heterocycles. The number of rotatable bonds is 0. The smallest absolute Gasteiger partial charge is 0.0714 e. The van der Waals surface area contributed by atoms with Gasteiger partial charge in [-0.1, -0.05) is 0 Å². The van der Waals surface area contributed by atoms with Crippen molar-refractivity contribution in [2.24, 2.45) is 0 Å². The molecule has 0 N–H and O–H groups in total. The van der Waals surface area contributed by atoms with Gasteiger partial charge in [-0.2, -0.15) is 0 Å². The predicted octanol–water partition coefficient (Wildman–Crippen LogP) is 3.61. The first-order chi connectivity index (χ1) is 6.52. The second-order valence-corrected chi connectivity index (χ2v) is 4.16. The Bertz CT molecular complexity index is 439. The summed E-state index contributed by atoms with van der Waals surface area (Å²) in [7, 11) is 0. The Kier molecular flexibility index (Phi) is 1.91. The van der Waals surface area contributed by atoms with Gasteiger partial charge in [0.15, 0.2) is 0 Å². The minimum absolute atomic E-state index is 1.15. The Labute approximate surface area is 85.8 Å². The van der Waals surface area contributed by atoms with E-state index in [4.69, 9.17) is 0 Å². The molecule has 0 spiro atoms. The number of aryl methyl sites for hydroxylation is 1. The Morgan fingerprint density at radius 1 is 0.929 bits per heavy atom. The molecule has 2 rings (SSSR count). The second-order valence-electron chi connectivity index (χ2n) is 4.16. The minimum Gasteiger partial charge on any atom is -0.253 e. The van der Waals surface area contributed by atoms with Crippen molar-refractivity contribution in [3.63, 3.8) is 0 Å². The van der Waals surface area contributed by atoms with E-state index >= 15 is 0 Å². The van der Waals surface area contributed by atoms with Crippen LogP contribution in [0.2, 0.25) is 0 Å². The molecule has 0 aliphatic carbocycles. The van der Waals surface area contributed by atoms with Crippen molar-refractivity contribution >= 4 is 11.3 Å².